The summed E-state index contributed by atoms with van der Waals surface area (Å²) in [5, 5.41) is 3.30. The van der Waals surface area contributed by atoms with Crippen LogP contribution in [0.4, 0.5) is 14.7 Å². The Kier molecular flexibility index (Phi) is 7.59. The number of carbonyl (C=O) groups is 2. The summed E-state index contributed by atoms with van der Waals surface area (Å²) in [4.78, 5) is 36.7. The van der Waals surface area contributed by atoms with Crippen molar-refractivity contribution in [2.75, 3.05) is 31.1 Å². The molecule has 1 aromatic heterocycles. The van der Waals surface area contributed by atoms with Gasteiger partial charge in [-0.3, -0.25) is 9.59 Å². The molecule has 3 N–H and O–H groups in total. The molecule has 1 saturated heterocycles. The van der Waals surface area contributed by atoms with Gasteiger partial charge in [0.25, 0.3) is 5.92 Å². The number of halogens is 2. The van der Waals surface area contributed by atoms with Crippen LogP contribution in [0.25, 0.3) is 5.70 Å². The van der Waals surface area contributed by atoms with E-state index in [2.05, 4.69) is 15.3 Å². The van der Waals surface area contributed by atoms with Crippen molar-refractivity contribution >= 4 is 23.2 Å². The van der Waals surface area contributed by atoms with Crippen LogP contribution in [-0.4, -0.2) is 53.6 Å². The monoisotopic (exact) mass is 449 g/mol. The molecule has 0 amide bonds. The lowest BCUT2D eigenvalue weighted by Crippen LogP contribution is -2.51. The lowest BCUT2D eigenvalue weighted by Gasteiger charge is -2.41. The van der Waals surface area contributed by atoms with E-state index in [-0.39, 0.29) is 35.6 Å². The van der Waals surface area contributed by atoms with Crippen LogP contribution in [0.1, 0.15) is 64.5 Å². The molecule has 4 rings (SSSR count). The number of allylic oxidation sites excluding steroid dienone is 1. The fourth-order valence-electron chi connectivity index (χ4n) is 4.80. The molecule has 1 atom stereocenters. The molecule has 3 fully saturated rings. The number of rotatable bonds is 2. The van der Waals surface area contributed by atoms with Gasteiger partial charge < -0.3 is 16.0 Å². The van der Waals surface area contributed by atoms with E-state index in [0.29, 0.717) is 25.3 Å². The van der Waals surface area contributed by atoms with E-state index in [9.17, 15) is 18.4 Å². The van der Waals surface area contributed by atoms with E-state index < -0.39 is 30.0 Å². The van der Waals surface area contributed by atoms with Crippen molar-refractivity contribution in [3.8, 4) is 0 Å². The summed E-state index contributed by atoms with van der Waals surface area (Å²) in [6.07, 6.45) is 2.51. The van der Waals surface area contributed by atoms with Gasteiger partial charge in [-0.05, 0) is 31.9 Å². The van der Waals surface area contributed by atoms with Gasteiger partial charge in [-0.1, -0.05) is 20.3 Å². The maximum absolute atomic E-state index is 14.7. The Hall–Kier alpha value is -2.42. The van der Waals surface area contributed by atoms with Crippen molar-refractivity contribution in [1.82, 2.24) is 15.3 Å². The molecular formula is C23H33F2N5O2. The first-order valence-electron chi connectivity index (χ1n) is 11.6. The van der Waals surface area contributed by atoms with Crippen molar-refractivity contribution in [2.45, 2.75) is 64.7 Å². The first-order chi connectivity index (χ1) is 15.3. The van der Waals surface area contributed by atoms with Crippen molar-refractivity contribution in [2.24, 2.45) is 11.1 Å². The van der Waals surface area contributed by atoms with Crippen LogP contribution >= 0.6 is 0 Å². The third-order valence-corrected chi connectivity index (χ3v) is 6.36. The SMILES string of the molecule is CC.N/C(=C1/CC(F)(F)CC2(CCCCC2=O)C1=O)c1ccnc(N2CCCNCC2)n1. The Morgan fingerprint density at radius 3 is 2.69 bits per heavy atom. The van der Waals surface area contributed by atoms with Gasteiger partial charge in [-0.25, -0.2) is 18.7 Å². The average Bonchev–Trinajstić information content (AvgIpc) is 3.09. The minimum absolute atomic E-state index is 0.0753. The zero-order valence-electron chi connectivity index (χ0n) is 18.9. The minimum Gasteiger partial charge on any atom is -0.397 e. The van der Waals surface area contributed by atoms with Gasteiger partial charge in [0.05, 0.1) is 16.8 Å². The highest BCUT2D eigenvalue weighted by molar-refractivity contribution is 6.18. The number of alkyl halides is 2. The highest BCUT2D eigenvalue weighted by Gasteiger charge is 2.58. The molecule has 2 saturated carbocycles. The molecule has 0 aromatic carbocycles. The van der Waals surface area contributed by atoms with Gasteiger partial charge in [0, 0.05) is 50.7 Å². The molecule has 1 aliphatic heterocycles. The topological polar surface area (TPSA) is 101 Å². The number of nitrogens with one attached hydrogen (secondary N) is 1. The maximum atomic E-state index is 14.7. The van der Waals surface area contributed by atoms with Crippen LogP contribution in [0.15, 0.2) is 17.8 Å². The van der Waals surface area contributed by atoms with Gasteiger partial charge >= 0.3 is 0 Å². The third kappa shape index (κ3) is 4.82. The number of nitrogens with zero attached hydrogens (tertiary/aromatic N) is 3. The molecule has 0 radical (unpaired) electrons. The summed E-state index contributed by atoms with van der Waals surface area (Å²) in [5.41, 5.74) is 4.59. The summed E-state index contributed by atoms with van der Waals surface area (Å²) < 4.78 is 29.4. The summed E-state index contributed by atoms with van der Waals surface area (Å²) in [5.74, 6) is -3.63. The summed E-state index contributed by atoms with van der Waals surface area (Å²) in [6.45, 7) is 7.18. The lowest BCUT2D eigenvalue weighted by atomic mass is 9.61. The third-order valence-electron chi connectivity index (χ3n) is 6.36. The molecule has 3 aliphatic rings. The number of nitrogens with two attached hydrogens (primary N) is 1. The molecule has 1 unspecified atom stereocenters. The lowest BCUT2D eigenvalue weighted by molar-refractivity contribution is -0.154. The Morgan fingerprint density at radius 1 is 1.16 bits per heavy atom. The smallest absolute Gasteiger partial charge is 0.253 e. The molecule has 2 heterocycles. The van der Waals surface area contributed by atoms with Crippen LogP contribution in [0, 0.1) is 5.41 Å². The molecule has 9 heteroatoms. The predicted octanol–water partition coefficient (Wildman–Crippen LogP) is 3.10. The van der Waals surface area contributed by atoms with E-state index >= 15 is 0 Å². The predicted molar refractivity (Wildman–Crippen MR) is 119 cm³/mol. The Morgan fingerprint density at radius 2 is 1.94 bits per heavy atom. The van der Waals surface area contributed by atoms with Gasteiger partial charge in [0.15, 0.2) is 5.78 Å². The molecule has 1 spiro atoms. The van der Waals surface area contributed by atoms with Crippen LogP contribution in [0.2, 0.25) is 0 Å². The Bertz CT molecular complexity index is 881. The van der Waals surface area contributed by atoms with Gasteiger partial charge in [-0.15, -0.1) is 0 Å². The van der Waals surface area contributed by atoms with E-state index in [1.165, 1.54) is 12.3 Å². The number of anilines is 1. The van der Waals surface area contributed by atoms with Crippen molar-refractivity contribution < 1.29 is 18.4 Å². The number of ketones is 2. The molecule has 0 bridgehead atoms. The number of hydrogen-bond donors (Lipinski definition) is 2. The highest BCUT2D eigenvalue weighted by atomic mass is 19.3. The largest absolute Gasteiger partial charge is 0.397 e. The van der Waals surface area contributed by atoms with Crippen molar-refractivity contribution in [3.63, 3.8) is 0 Å². The second kappa shape index (κ2) is 10.0. The summed E-state index contributed by atoms with van der Waals surface area (Å²) >= 11 is 0. The molecule has 32 heavy (non-hydrogen) atoms. The minimum atomic E-state index is -3.16. The number of Topliss-reactive ketones (excluding diaryl/α,β-unsaturated/α-hetero) is 2. The van der Waals surface area contributed by atoms with Gasteiger partial charge in [0.2, 0.25) is 5.95 Å². The van der Waals surface area contributed by atoms with Crippen molar-refractivity contribution in [1.29, 1.82) is 0 Å². The first-order valence-corrected chi connectivity index (χ1v) is 11.6. The van der Waals surface area contributed by atoms with Crippen LogP contribution < -0.4 is 16.0 Å². The van der Waals surface area contributed by atoms with Gasteiger partial charge in [-0.2, -0.15) is 0 Å². The van der Waals surface area contributed by atoms with E-state index in [1.54, 1.807) is 0 Å². The second-order valence-corrected chi connectivity index (χ2v) is 8.48. The molecule has 176 valence electrons. The Balaban J connectivity index is 0.00000141. The zero-order chi connectivity index (χ0) is 23.4. The molecule has 7 nitrogen and oxygen atoms in total. The van der Waals surface area contributed by atoms with E-state index in [0.717, 1.165) is 26.1 Å². The highest BCUT2D eigenvalue weighted by Crippen LogP contribution is 2.51. The quantitative estimate of drug-likeness (QED) is 0.528. The molecular weight excluding hydrogens is 416 g/mol. The fourth-order valence-corrected chi connectivity index (χ4v) is 4.80. The number of aromatic nitrogens is 2. The standard InChI is InChI=1S/C21H27F2N5O2.C2H6/c22-21(23)12-14(18(30)20(13-21)6-2-1-4-16(20)29)17(24)15-5-8-26-19(27-15)28-10-3-7-25-9-11-28;1-2/h5,8,25H,1-4,6-7,9-13,24H2;1-2H3/b17-14-;. The van der Waals surface area contributed by atoms with Crippen LogP contribution in [-0.2, 0) is 9.59 Å². The van der Waals surface area contributed by atoms with Gasteiger partial charge in [0.1, 0.15) is 5.78 Å². The number of carbonyl (C=O) groups excluding carboxylic acids is 2. The zero-order valence-corrected chi connectivity index (χ0v) is 18.9. The Labute approximate surface area is 187 Å². The first kappa shape index (κ1) is 24.2. The summed E-state index contributed by atoms with van der Waals surface area (Å²) in [7, 11) is 0. The van der Waals surface area contributed by atoms with Crippen molar-refractivity contribution in [3.05, 3.63) is 23.5 Å². The maximum Gasteiger partial charge on any atom is 0.253 e. The van der Waals surface area contributed by atoms with E-state index in [1.807, 2.05) is 18.7 Å². The molecule has 1 aromatic rings. The van der Waals surface area contributed by atoms with E-state index in [4.69, 9.17) is 5.73 Å². The normalized spacial score (nSPS) is 27.4. The van der Waals surface area contributed by atoms with Crippen LogP contribution in [0.3, 0.4) is 0 Å². The average molecular weight is 450 g/mol. The summed E-state index contributed by atoms with van der Waals surface area (Å²) in [6, 6.07) is 1.53. The molecule has 2 aliphatic carbocycles. The second-order valence-electron chi connectivity index (χ2n) is 8.48. The fraction of sp³-hybridized carbons (Fsp3) is 0.652. The van der Waals surface area contributed by atoms with Crippen LogP contribution in [0.5, 0.6) is 0 Å². The number of hydrogen-bond acceptors (Lipinski definition) is 7.